The van der Waals surface area contributed by atoms with Crippen molar-refractivity contribution in [3.8, 4) is 0 Å². The largest absolute Gasteiger partial charge is 0.452 e. The van der Waals surface area contributed by atoms with Gasteiger partial charge in [-0.3, -0.25) is 4.79 Å². The number of hydrogen-bond donors (Lipinski definition) is 1. The molecule has 4 nitrogen and oxygen atoms in total. The predicted molar refractivity (Wildman–Crippen MR) is 89.0 cm³/mol. The summed E-state index contributed by atoms with van der Waals surface area (Å²) in [6.45, 7) is 3.36. The number of carbonyl (C=O) groups excluding carboxylic acids is 2. The van der Waals surface area contributed by atoms with Crippen LogP contribution >= 0.6 is 0 Å². The molecule has 0 aromatic heterocycles. The van der Waals surface area contributed by atoms with Gasteiger partial charge in [-0.05, 0) is 31.0 Å². The number of aryl methyl sites for hydroxylation is 1. The Morgan fingerprint density at radius 3 is 2.24 bits per heavy atom. The third-order valence-corrected chi connectivity index (χ3v) is 3.66. The lowest BCUT2D eigenvalue weighted by atomic mass is 10.0. The van der Waals surface area contributed by atoms with Crippen LogP contribution in [0.1, 0.15) is 40.9 Å². The lowest BCUT2D eigenvalue weighted by Crippen LogP contribution is -2.32. The van der Waals surface area contributed by atoms with Crippen molar-refractivity contribution in [2.24, 2.45) is 0 Å². The fourth-order valence-corrected chi connectivity index (χ4v) is 2.34. The molecule has 1 N–H and O–H groups in total. The topological polar surface area (TPSA) is 55.4 Å². The van der Waals surface area contributed by atoms with Crippen LogP contribution in [-0.2, 0) is 9.53 Å². The van der Waals surface area contributed by atoms with E-state index in [1.165, 1.54) is 0 Å². The summed E-state index contributed by atoms with van der Waals surface area (Å²) in [4.78, 5) is 23.8. The van der Waals surface area contributed by atoms with Crippen LogP contribution in [-0.4, -0.2) is 18.5 Å². The van der Waals surface area contributed by atoms with Gasteiger partial charge in [0.25, 0.3) is 5.91 Å². The normalized spacial score (nSPS) is 11.7. The van der Waals surface area contributed by atoms with Gasteiger partial charge in [-0.15, -0.1) is 0 Å². The van der Waals surface area contributed by atoms with E-state index >= 15 is 0 Å². The van der Waals surface area contributed by atoms with E-state index in [-0.39, 0.29) is 11.6 Å². The number of ether oxygens (including phenoxy) is 1. The van der Waals surface area contributed by atoms with Gasteiger partial charge in [0, 0.05) is 6.07 Å². The van der Waals surface area contributed by atoms with Crippen molar-refractivity contribution in [3.63, 3.8) is 0 Å². The molecule has 2 aromatic carbocycles. The molecule has 0 saturated carbocycles. The minimum atomic E-state index is -0.961. The van der Waals surface area contributed by atoms with Crippen molar-refractivity contribution in [1.29, 1.82) is 0 Å². The molecule has 0 heterocycles. The summed E-state index contributed by atoms with van der Waals surface area (Å²) in [6, 6.07) is 9.88. The van der Waals surface area contributed by atoms with Crippen LogP contribution in [0, 0.1) is 18.6 Å². The van der Waals surface area contributed by atoms with Crippen LogP contribution in [0.4, 0.5) is 8.78 Å². The van der Waals surface area contributed by atoms with Gasteiger partial charge in [-0.1, -0.05) is 36.8 Å². The van der Waals surface area contributed by atoms with Gasteiger partial charge in [0.1, 0.15) is 11.6 Å². The molecule has 25 heavy (non-hydrogen) atoms. The highest BCUT2D eigenvalue weighted by Crippen LogP contribution is 2.17. The fraction of sp³-hybridized carbons (Fsp3) is 0.263. The molecule has 2 aromatic rings. The molecule has 2 rings (SSSR count). The minimum absolute atomic E-state index is 0.210. The minimum Gasteiger partial charge on any atom is -0.452 e. The number of benzene rings is 2. The highest BCUT2D eigenvalue weighted by molar-refractivity contribution is 5.91. The molecule has 0 unspecified atom stereocenters. The summed E-state index contributed by atoms with van der Waals surface area (Å²) in [5, 5.41) is 2.77. The Morgan fingerprint density at radius 2 is 1.68 bits per heavy atom. The molecule has 0 radical (unpaired) electrons. The number of rotatable bonds is 6. The summed E-state index contributed by atoms with van der Waals surface area (Å²) in [5.41, 5.74) is 1.78. The summed E-state index contributed by atoms with van der Waals surface area (Å²) < 4.78 is 31.0. The highest BCUT2D eigenvalue weighted by Gasteiger charge is 2.16. The van der Waals surface area contributed by atoms with Crippen molar-refractivity contribution in [3.05, 3.63) is 70.8 Å². The van der Waals surface area contributed by atoms with Crippen molar-refractivity contribution >= 4 is 11.9 Å². The van der Waals surface area contributed by atoms with Crippen LogP contribution < -0.4 is 5.32 Å². The molecule has 132 valence electrons. The Bertz CT molecular complexity index is 740. The number of amides is 1. The maximum atomic E-state index is 13.1. The van der Waals surface area contributed by atoms with Gasteiger partial charge in [0.2, 0.25) is 0 Å². The van der Waals surface area contributed by atoms with E-state index in [9.17, 15) is 18.4 Å². The van der Waals surface area contributed by atoms with Crippen LogP contribution in [0.25, 0.3) is 0 Å². The molecule has 1 atom stereocenters. The lowest BCUT2D eigenvalue weighted by molar-refractivity contribution is -0.125. The Morgan fingerprint density at radius 1 is 1.08 bits per heavy atom. The third kappa shape index (κ3) is 5.38. The molecule has 0 bridgehead atoms. The smallest absolute Gasteiger partial charge is 0.338 e. The molecule has 0 aliphatic heterocycles. The monoisotopic (exact) mass is 347 g/mol. The SMILES string of the molecule is CC[C@@H](NC(=O)COC(=O)c1cc(F)cc(F)c1)c1ccc(C)cc1. The zero-order valence-electron chi connectivity index (χ0n) is 14.0. The summed E-state index contributed by atoms with van der Waals surface area (Å²) >= 11 is 0. The zero-order valence-corrected chi connectivity index (χ0v) is 14.0. The van der Waals surface area contributed by atoms with E-state index in [4.69, 9.17) is 4.74 Å². The van der Waals surface area contributed by atoms with Gasteiger partial charge >= 0.3 is 5.97 Å². The second-order valence-electron chi connectivity index (χ2n) is 5.67. The molecule has 0 spiro atoms. The van der Waals surface area contributed by atoms with Gasteiger partial charge in [-0.25, -0.2) is 13.6 Å². The average molecular weight is 347 g/mol. The van der Waals surface area contributed by atoms with Crippen LogP contribution in [0.15, 0.2) is 42.5 Å². The summed E-state index contributed by atoms with van der Waals surface area (Å²) in [7, 11) is 0. The van der Waals surface area contributed by atoms with E-state index in [1.807, 2.05) is 38.1 Å². The zero-order chi connectivity index (χ0) is 18.4. The number of esters is 1. The standard InChI is InChI=1S/C19H19F2NO3/c1-3-17(13-6-4-12(2)5-7-13)22-18(23)11-25-19(24)14-8-15(20)10-16(21)9-14/h4-10,17H,3,11H2,1-2H3,(H,22,23)/t17-/m1/s1. The lowest BCUT2D eigenvalue weighted by Gasteiger charge is -2.17. The van der Waals surface area contributed by atoms with E-state index in [0.29, 0.717) is 12.5 Å². The molecule has 0 aliphatic rings. The van der Waals surface area contributed by atoms with E-state index in [1.54, 1.807) is 0 Å². The first-order valence-corrected chi connectivity index (χ1v) is 7.88. The number of halogens is 2. The second-order valence-corrected chi connectivity index (χ2v) is 5.67. The highest BCUT2D eigenvalue weighted by atomic mass is 19.1. The Labute approximate surface area is 144 Å². The predicted octanol–water partition coefficient (Wildman–Crippen LogP) is 3.70. The molecule has 6 heteroatoms. The first kappa shape index (κ1) is 18.6. The molecule has 1 amide bonds. The fourth-order valence-electron chi connectivity index (χ4n) is 2.34. The maximum absolute atomic E-state index is 13.1. The van der Waals surface area contributed by atoms with Crippen LogP contribution in [0.5, 0.6) is 0 Å². The first-order chi connectivity index (χ1) is 11.9. The second kappa shape index (κ2) is 8.37. The van der Waals surface area contributed by atoms with Gasteiger partial charge in [-0.2, -0.15) is 0 Å². The summed E-state index contributed by atoms with van der Waals surface area (Å²) in [6.07, 6.45) is 0.665. The van der Waals surface area contributed by atoms with Crippen molar-refractivity contribution in [2.75, 3.05) is 6.61 Å². The first-order valence-electron chi connectivity index (χ1n) is 7.88. The Hall–Kier alpha value is -2.76. The number of carbonyl (C=O) groups is 2. The van der Waals surface area contributed by atoms with E-state index < -0.39 is 30.1 Å². The molecule has 0 aliphatic carbocycles. The maximum Gasteiger partial charge on any atom is 0.338 e. The number of nitrogens with one attached hydrogen (secondary N) is 1. The van der Waals surface area contributed by atoms with Crippen molar-refractivity contribution < 1.29 is 23.1 Å². The quantitative estimate of drug-likeness (QED) is 0.811. The van der Waals surface area contributed by atoms with Gasteiger partial charge < -0.3 is 10.1 Å². The summed E-state index contributed by atoms with van der Waals surface area (Å²) in [5.74, 6) is -3.22. The Kier molecular flexibility index (Phi) is 6.22. The van der Waals surface area contributed by atoms with Crippen LogP contribution in [0.2, 0.25) is 0 Å². The third-order valence-electron chi connectivity index (χ3n) is 3.66. The molecular formula is C19H19F2NO3. The molecule has 0 fully saturated rings. The Balaban J connectivity index is 1.92. The molecule has 0 saturated heterocycles. The van der Waals surface area contributed by atoms with Gasteiger partial charge in [0.15, 0.2) is 6.61 Å². The van der Waals surface area contributed by atoms with Crippen LogP contribution in [0.3, 0.4) is 0 Å². The number of hydrogen-bond acceptors (Lipinski definition) is 3. The average Bonchev–Trinajstić information content (AvgIpc) is 2.57. The van der Waals surface area contributed by atoms with E-state index in [0.717, 1.165) is 23.3 Å². The van der Waals surface area contributed by atoms with Crippen molar-refractivity contribution in [2.45, 2.75) is 26.3 Å². The molecular weight excluding hydrogens is 328 g/mol. The van der Waals surface area contributed by atoms with Crippen molar-refractivity contribution in [1.82, 2.24) is 5.32 Å². The van der Waals surface area contributed by atoms with Gasteiger partial charge in [0.05, 0.1) is 11.6 Å². The van der Waals surface area contributed by atoms with E-state index in [2.05, 4.69) is 5.32 Å².